The molecule has 5 nitrogen and oxygen atoms in total. The molecule has 0 aromatic rings. The van der Waals surface area contributed by atoms with Crippen LogP contribution < -0.4 is 11.1 Å². The van der Waals surface area contributed by atoms with Crippen LogP contribution in [0.5, 0.6) is 0 Å². The minimum Gasteiger partial charge on any atom is -0.355 e. The number of amides is 1. The molecule has 0 aromatic carbocycles. The van der Waals surface area contributed by atoms with Crippen molar-refractivity contribution in [3.05, 3.63) is 0 Å². The van der Waals surface area contributed by atoms with E-state index >= 15 is 0 Å². The lowest BCUT2D eigenvalue weighted by atomic mass is 10.2. The van der Waals surface area contributed by atoms with Crippen LogP contribution in [0.25, 0.3) is 0 Å². The Morgan fingerprint density at radius 2 is 2.21 bits per heavy atom. The summed E-state index contributed by atoms with van der Waals surface area (Å²) in [6.07, 6.45) is 1.62. The zero-order valence-corrected chi connectivity index (χ0v) is 8.85. The molecule has 0 radical (unpaired) electrons. The molecule has 1 atom stereocenters. The normalized spacial score (nSPS) is 24.8. The Balaban J connectivity index is 2.35. The average Bonchev–Trinajstić information content (AvgIpc) is 2.42. The number of rotatable bonds is 4. The van der Waals surface area contributed by atoms with Gasteiger partial charge >= 0.3 is 0 Å². The first-order chi connectivity index (χ1) is 6.56. The third-order valence-corrected chi connectivity index (χ3v) is 4.64. The smallest absolute Gasteiger partial charge is 0.221 e. The van der Waals surface area contributed by atoms with Gasteiger partial charge in [0.15, 0.2) is 9.84 Å². The molecular formula is C8H16N2O3S. The predicted octanol–water partition coefficient (Wildman–Crippen LogP) is -0.971. The molecule has 0 spiro atoms. The van der Waals surface area contributed by atoms with Gasteiger partial charge in [0.2, 0.25) is 5.91 Å². The molecule has 14 heavy (non-hydrogen) atoms. The van der Waals surface area contributed by atoms with Gasteiger partial charge in [0.1, 0.15) is 0 Å². The number of nitrogens with one attached hydrogen (secondary N) is 1. The van der Waals surface area contributed by atoms with Crippen molar-refractivity contribution in [3.63, 3.8) is 0 Å². The van der Waals surface area contributed by atoms with Crippen molar-refractivity contribution in [3.8, 4) is 0 Å². The van der Waals surface area contributed by atoms with Crippen molar-refractivity contribution in [2.24, 2.45) is 5.73 Å². The summed E-state index contributed by atoms with van der Waals surface area (Å²) < 4.78 is 22.7. The molecule has 6 heteroatoms. The number of hydrogen-bond acceptors (Lipinski definition) is 4. The molecule has 1 fully saturated rings. The molecular weight excluding hydrogens is 204 g/mol. The SMILES string of the molecule is NCCC(=O)NCC1CCCS1(=O)=O. The molecule has 1 aliphatic heterocycles. The van der Waals surface area contributed by atoms with Gasteiger partial charge in [-0.05, 0) is 12.8 Å². The molecule has 1 aliphatic rings. The van der Waals surface area contributed by atoms with Gasteiger partial charge in [-0.1, -0.05) is 0 Å². The van der Waals surface area contributed by atoms with Crippen LogP contribution in [-0.4, -0.2) is 38.4 Å². The first kappa shape index (κ1) is 11.5. The zero-order valence-electron chi connectivity index (χ0n) is 8.03. The van der Waals surface area contributed by atoms with E-state index < -0.39 is 9.84 Å². The minimum absolute atomic E-state index is 0.172. The maximum Gasteiger partial charge on any atom is 0.221 e. The first-order valence-corrected chi connectivity index (χ1v) is 6.46. The van der Waals surface area contributed by atoms with Crippen molar-refractivity contribution in [2.45, 2.75) is 24.5 Å². The van der Waals surface area contributed by atoms with Gasteiger partial charge in [-0.3, -0.25) is 4.79 Å². The van der Waals surface area contributed by atoms with Crippen LogP contribution in [0, 0.1) is 0 Å². The van der Waals surface area contributed by atoms with Crippen LogP contribution in [0.3, 0.4) is 0 Å². The molecule has 0 aromatic heterocycles. The number of nitrogens with two attached hydrogens (primary N) is 1. The Morgan fingerprint density at radius 1 is 1.50 bits per heavy atom. The summed E-state index contributed by atoms with van der Waals surface area (Å²) in [7, 11) is -2.94. The highest BCUT2D eigenvalue weighted by Gasteiger charge is 2.31. The van der Waals surface area contributed by atoms with Gasteiger partial charge in [0.05, 0.1) is 11.0 Å². The number of sulfone groups is 1. The van der Waals surface area contributed by atoms with Gasteiger partial charge in [0.25, 0.3) is 0 Å². The van der Waals surface area contributed by atoms with Crippen LogP contribution in [0.15, 0.2) is 0 Å². The lowest BCUT2D eigenvalue weighted by molar-refractivity contribution is -0.120. The molecule has 0 saturated carbocycles. The van der Waals surface area contributed by atoms with E-state index in [0.29, 0.717) is 19.4 Å². The summed E-state index contributed by atoms with van der Waals surface area (Å²) in [6, 6.07) is 0. The Bertz CT molecular complexity index is 300. The van der Waals surface area contributed by atoms with E-state index in [4.69, 9.17) is 5.73 Å². The monoisotopic (exact) mass is 220 g/mol. The summed E-state index contributed by atoms with van der Waals surface area (Å²) in [5, 5.41) is 2.20. The predicted molar refractivity (Wildman–Crippen MR) is 53.5 cm³/mol. The van der Waals surface area contributed by atoms with E-state index in [1.54, 1.807) is 0 Å². The molecule has 0 bridgehead atoms. The van der Waals surface area contributed by atoms with Crippen LogP contribution in [-0.2, 0) is 14.6 Å². The molecule has 0 aliphatic carbocycles. The van der Waals surface area contributed by atoms with Crippen molar-refractivity contribution in [1.82, 2.24) is 5.32 Å². The van der Waals surface area contributed by atoms with Crippen molar-refractivity contribution in [1.29, 1.82) is 0 Å². The fourth-order valence-corrected chi connectivity index (χ4v) is 3.30. The molecule has 82 valence electrons. The average molecular weight is 220 g/mol. The quantitative estimate of drug-likeness (QED) is 0.638. The standard InChI is InChI=1S/C8H16N2O3S/c9-4-3-8(11)10-6-7-2-1-5-14(7,12)13/h7H,1-6,9H2,(H,10,11). The minimum atomic E-state index is -2.94. The summed E-state index contributed by atoms with van der Waals surface area (Å²) >= 11 is 0. The van der Waals surface area contributed by atoms with E-state index in [2.05, 4.69) is 5.32 Å². The van der Waals surface area contributed by atoms with Crippen molar-refractivity contribution < 1.29 is 13.2 Å². The summed E-state index contributed by atoms with van der Waals surface area (Å²) in [6.45, 7) is 0.532. The Morgan fingerprint density at radius 3 is 2.71 bits per heavy atom. The largest absolute Gasteiger partial charge is 0.355 e. The van der Waals surface area contributed by atoms with Gasteiger partial charge < -0.3 is 11.1 Å². The van der Waals surface area contributed by atoms with E-state index in [1.165, 1.54) is 0 Å². The van der Waals surface area contributed by atoms with Crippen LogP contribution in [0.1, 0.15) is 19.3 Å². The second kappa shape index (κ2) is 4.75. The maximum atomic E-state index is 11.4. The van der Waals surface area contributed by atoms with E-state index in [1.807, 2.05) is 0 Å². The fraction of sp³-hybridized carbons (Fsp3) is 0.875. The topological polar surface area (TPSA) is 89.3 Å². The Hall–Kier alpha value is -0.620. The summed E-state index contributed by atoms with van der Waals surface area (Å²) in [4.78, 5) is 11.0. The zero-order chi connectivity index (χ0) is 10.6. The third-order valence-electron chi connectivity index (χ3n) is 2.36. The highest BCUT2D eigenvalue weighted by Crippen LogP contribution is 2.18. The first-order valence-electron chi connectivity index (χ1n) is 4.74. The Labute approximate surface area is 84.0 Å². The lowest BCUT2D eigenvalue weighted by Crippen LogP contribution is -2.35. The molecule has 1 amide bonds. The van der Waals surface area contributed by atoms with Crippen molar-refractivity contribution in [2.75, 3.05) is 18.8 Å². The third kappa shape index (κ3) is 2.95. The van der Waals surface area contributed by atoms with Gasteiger partial charge in [0, 0.05) is 19.5 Å². The molecule has 1 saturated heterocycles. The molecule has 1 unspecified atom stereocenters. The summed E-state index contributed by atoms with van der Waals surface area (Å²) in [5.41, 5.74) is 5.19. The van der Waals surface area contributed by atoms with Crippen LogP contribution >= 0.6 is 0 Å². The van der Waals surface area contributed by atoms with E-state index in [9.17, 15) is 13.2 Å². The molecule has 1 heterocycles. The Kier molecular flexibility index (Phi) is 3.88. The van der Waals surface area contributed by atoms with Crippen molar-refractivity contribution >= 4 is 15.7 Å². The highest BCUT2D eigenvalue weighted by molar-refractivity contribution is 7.92. The second-order valence-electron chi connectivity index (χ2n) is 3.47. The lowest BCUT2D eigenvalue weighted by Gasteiger charge is -2.10. The number of carbonyl (C=O) groups is 1. The van der Waals surface area contributed by atoms with Gasteiger partial charge in [-0.2, -0.15) is 0 Å². The second-order valence-corrected chi connectivity index (χ2v) is 5.87. The van der Waals surface area contributed by atoms with E-state index in [0.717, 1.165) is 0 Å². The van der Waals surface area contributed by atoms with Crippen LogP contribution in [0.4, 0.5) is 0 Å². The van der Waals surface area contributed by atoms with Gasteiger partial charge in [-0.25, -0.2) is 8.42 Å². The number of carbonyl (C=O) groups excluding carboxylic acids is 1. The summed E-state index contributed by atoms with van der Waals surface area (Å²) in [5.74, 6) is 0.0827. The van der Waals surface area contributed by atoms with Gasteiger partial charge in [-0.15, -0.1) is 0 Å². The molecule has 1 rings (SSSR count). The van der Waals surface area contributed by atoms with E-state index in [-0.39, 0.29) is 29.9 Å². The maximum absolute atomic E-state index is 11.4. The fourth-order valence-electron chi connectivity index (χ4n) is 1.53. The van der Waals surface area contributed by atoms with Crippen LogP contribution in [0.2, 0.25) is 0 Å². The highest BCUT2D eigenvalue weighted by atomic mass is 32.2. The number of hydrogen-bond donors (Lipinski definition) is 2. The molecule has 3 N–H and O–H groups in total.